The SMILES string of the molecule is C[C@@H]1Cn2nc(Br)c(C(=O)O)c2O1. The van der Waals surface area contributed by atoms with Crippen molar-refractivity contribution in [2.75, 3.05) is 0 Å². The first kappa shape index (κ1) is 8.55. The van der Waals surface area contributed by atoms with E-state index >= 15 is 0 Å². The molecule has 0 saturated carbocycles. The van der Waals surface area contributed by atoms with Gasteiger partial charge in [0.2, 0.25) is 5.88 Å². The van der Waals surface area contributed by atoms with Crippen LogP contribution in [0.15, 0.2) is 4.60 Å². The lowest BCUT2D eigenvalue weighted by molar-refractivity contribution is 0.0691. The largest absolute Gasteiger partial charge is 0.477 e. The van der Waals surface area contributed by atoms with Crippen LogP contribution in [0.3, 0.4) is 0 Å². The highest BCUT2D eigenvalue weighted by molar-refractivity contribution is 9.10. The summed E-state index contributed by atoms with van der Waals surface area (Å²) in [6.45, 7) is 2.47. The van der Waals surface area contributed by atoms with E-state index in [0.717, 1.165) is 0 Å². The lowest BCUT2D eigenvalue weighted by Gasteiger charge is -2.01. The maximum Gasteiger partial charge on any atom is 0.344 e. The molecule has 6 heteroatoms. The van der Waals surface area contributed by atoms with Crippen LogP contribution in [0.2, 0.25) is 0 Å². The van der Waals surface area contributed by atoms with Crippen molar-refractivity contribution in [2.45, 2.75) is 19.6 Å². The van der Waals surface area contributed by atoms with Crippen LogP contribution < -0.4 is 4.74 Å². The molecular formula is C7H7BrN2O3. The Bertz CT molecular complexity index is 374. The average molecular weight is 247 g/mol. The Balaban J connectivity index is 2.52. The second-order valence-electron chi connectivity index (χ2n) is 2.89. The number of ether oxygens (including phenoxy) is 1. The lowest BCUT2D eigenvalue weighted by Crippen LogP contribution is -2.10. The molecule has 0 spiro atoms. The summed E-state index contributed by atoms with van der Waals surface area (Å²) in [4.78, 5) is 10.8. The molecule has 0 fully saturated rings. The molecule has 1 atom stereocenters. The zero-order chi connectivity index (χ0) is 9.59. The van der Waals surface area contributed by atoms with Crippen LogP contribution in [-0.2, 0) is 6.54 Å². The summed E-state index contributed by atoms with van der Waals surface area (Å²) in [6.07, 6.45) is -0.00583. The van der Waals surface area contributed by atoms with Crippen molar-refractivity contribution in [3.05, 3.63) is 10.2 Å². The van der Waals surface area contributed by atoms with Crippen molar-refractivity contribution in [3.8, 4) is 5.88 Å². The lowest BCUT2D eigenvalue weighted by atomic mass is 10.3. The topological polar surface area (TPSA) is 64.4 Å². The van der Waals surface area contributed by atoms with Crippen LogP contribution in [0.4, 0.5) is 0 Å². The zero-order valence-corrected chi connectivity index (χ0v) is 8.41. The van der Waals surface area contributed by atoms with E-state index in [4.69, 9.17) is 9.84 Å². The first-order valence-electron chi connectivity index (χ1n) is 3.76. The molecule has 0 radical (unpaired) electrons. The van der Waals surface area contributed by atoms with E-state index < -0.39 is 5.97 Å². The maximum absolute atomic E-state index is 10.8. The molecule has 0 bridgehead atoms. The van der Waals surface area contributed by atoms with E-state index in [0.29, 0.717) is 17.0 Å². The van der Waals surface area contributed by atoms with Crippen LogP contribution >= 0.6 is 15.9 Å². The van der Waals surface area contributed by atoms with E-state index in [1.165, 1.54) is 0 Å². The van der Waals surface area contributed by atoms with Crippen molar-refractivity contribution < 1.29 is 14.6 Å². The number of hydrogen-bond donors (Lipinski definition) is 1. The Labute approximate surface area is 82.4 Å². The normalized spacial score (nSPS) is 19.7. The van der Waals surface area contributed by atoms with Crippen LogP contribution in [-0.4, -0.2) is 27.0 Å². The highest BCUT2D eigenvalue weighted by atomic mass is 79.9. The Morgan fingerprint density at radius 3 is 3.15 bits per heavy atom. The number of fused-ring (bicyclic) bond motifs is 1. The molecule has 1 aliphatic heterocycles. The standard InChI is InChI=1S/C7H7BrN2O3/c1-3-2-10-6(13-3)4(7(11)12)5(8)9-10/h3H,2H2,1H3,(H,11,12)/t3-/m1/s1. The van der Waals surface area contributed by atoms with Crippen molar-refractivity contribution in [1.29, 1.82) is 0 Å². The Morgan fingerprint density at radius 1 is 1.85 bits per heavy atom. The number of carboxylic acids is 1. The number of carbonyl (C=O) groups is 1. The van der Waals surface area contributed by atoms with Gasteiger partial charge in [-0.2, -0.15) is 5.10 Å². The van der Waals surface area contributed by atoms with E-state index in [1.54, 1.807) is 4.68 Å². The van der Waals surface area contributed by atoms with Gasteiger partial charge in [-0.05, 0) is 22.9 Å². The molecule has 1 N–H and O–H groups in total. The van der Waals surface area contributed by atoms with E-state index in [9.17, 15) is 4.79 Å². The minimum atomic E-state index is -1.03. The fourth-order valence-corrected chi connectivity index (χ4v) is 1.84. The van der Waals surface area contributed by atoms with E-state index in [-0.39, 0.29) is 11.7 Å². The molecule has 0 saturated heterocycles. The summed E-state index contributed by atoms with van der Waals surface area (Å²) < 4.78 is 7.18. The zero-order valence-electron chi connectivity index (χ0n) is 6.82. The number of aromatic nitrogens is 2. The summed E-state index contributed by atoms with van der Waals surface area (Å²) in [5.74, 6) is -0.686. The molecule has 13 heavy (non-hydrogen) atoms. The molecule has 0 unspecified atom stereocenters. The Hall–Kier alpha value is -1.04. The van der Waals surface area contributed by atoms with Gasteiger partial charge in [0.15, 0.2) is 5.56 Å². The van der Waals surface area contributed by atoms with Gasteiger partial charge < -0.3 is 9.84 Å². The van der Waals surface area contributed by atoms with Crippen molar-refractivity contribution in [1.82, 2.24) is 9.78 Å². The number of halogens is 1. The van der Waals surface area contributed by atoms with Gasteiger partial charge in [0.25, 0.3) is 0 Å². The molecule has 1 aliphatic rings. The second kappa shape index (κ2) is 2.73. The minimum Gasteiger partial charge on any atom is -0.477 e. The van der Waals surface area contributed by atoms with Gasteiger partial charge in [-0.25, -0.2) is 9.48 Å². The van der Waals surface area contributed by atoms with Gasteiger partial charge in [-0.15, -0.1) is 0 Å². The van der Waals surface area contributed by atoms with Crippen molar-refractivity contribution >= 4 is 21.9 Å². The average Bonchev–Trinajstić information content (AvgIpc) is 2.41. The molecule has 2 heterocycles. The van der Waals surface area contributed by atoms with Crippen LogP contribution in [0.5, 0.6) is 5.88 Å². The summed E-state index contributed by atoms with van der Waals surface area (Å²) in [5.41, 5.74) is 0.101. The van der Waals surface area contributed by atoms with Crippen LogP contribution in [0, 0.1) is 0 Å². The third kappa shape index (κ3) is 1.21. The highest BCUT2D eigenvalue weighted by Crippen LogP contribution is 2.31. The quantitative estimate of drug-likeness (QED) is 0.807. The van der Waals surface area contributed by atoms with Gasteiger partial charge in [0.05, 0.1) is 6.54 Å². The van der Waals surface area contributed by atoms with Gasteiger partial charge in [0.1, 0.15) is 10.7 Å². The Morgan fingerprint density at radius 2 is 2.54 bits per heavy atom. The fourth-order valence-electron chi connectivity index (χ4n) is 1.31. The van der Waals surface area contributed by atoms with Crippen LogP contribution in [0.1, 0.15) is 17.3 Å². The second-order valence-corrected chi connectivity index (χ2v) is 3.64. The molecule has 70 valence electrons. The van der Waals surface area contributed by atoms with Gasteiger partial charge >= 0.3 is 5.97 Å². The number of nitrogens with zero attached hydrogens (tertiary/aromatic N) is 2. The number of aromatic carboxylic acids is 1. The predicted molar refractivity (Wildman–Crippen MR) is 47.0 cm³/mol. The first-order chi connectivity index (χ1) is 6.09. The molecule has 0 aliphatic carbocycles. The maximum atomic E-state index is 10.8. The predicted octanol–water partition coefficient (Wildman–Crippen LogP) is 1.12. The number of hydrogen-bond acceptors (Lipinski definition) is 3. The number of carboxylic acid groups (broad SMARTS) is 1. The molecule has 5 nitrogen and oxygen atoms in total. The van der Waals surface area contributed by atoms with E-state index in [1.807, 2.05) is 6.92 Å². The van der Waals surface area contributed by atoms with Gasteiger partial charge in [-0.1, -0.05) is 0 Å². The minimum absolute atomic E-state index is 0.00583. The van der Waals surface area contributed by atoms with Gasteiger partial charge in [-0.3, -0.25) is 0 Å². The summed E-state index contributed by atoms with van der Waals surface area (Å²) >= 11 is 3.07. The first-order valence-corrected chi connectivity index (χ1v) is 4.55. The number of rotatable bonds is 1. The molecule has 1 aromatic heterocycles. The molecule has 2 rings (SSSR count). The summed E-state index contributed by atoms with van der Waals surface area (Å²) in [5, 5.41) is 12.8. The smallest absolute Gasteiger partial charge is 0.344 e. The van der Waals surface area contributed by atoms with Crippen molar-refractivity contribution in [3.63, 3.8) is 0 Å². The molecular weight excluding hydrogens is 240 g/mol. The Kier molecular flexibility index (Phi) is 1.80. The van der Waals surface area contributed by atoms with Gasteiger partial charge in [0, 0.05) is 0 Å². The van der Waals surface area contributed by atoms with Crippen LogP contribution in [0.25, 0.3) is 0 Å². The molecule has 0 amide bonds. The summed E-state index contributed by atoms with van der Waals surface area (Å²) in [6, 6.07) is 0. The third-order valence-corrected chi connectivity index (χ3v) is 2.37. The van der Waals surface area contributed by atoms with Crippen molar-refractivity contribution in [2.24, 2.45) is 0 Å². The fraction of sp³-hybridized carbons (Fsp3) is 0.429. The highest BCUT2D eigenvalue weighted by Gasteiger charge is 2.30. The van der Waals surface area contributed by atoms with E-state index in [2.05, 4.69) is 21.0 Å². The molecule has 1 aromatic rings. The summed E-state index contributed by atoms with van der Waals surface area (Å²) in [7, 11) is 0. The third-order valence-electron chi connectivity index (χ3n) is 1.82. The molecule has 0 aromatic carbocycles. The monoisotopic (exact) mass is 246 g/mol.